The lowest BCUT2D eigenvalue weighted by molar-refractivity contribution is 0.103. The molecule has 2 rings (SSSR count). The van der Waals surface area contributed by atoms with Gasteiger partial charge in [0.2, 0.25) is 5.78 Å². The summed E-state index contributed by atoms with van der Waals surface area (Å²) < 4.78 is 5.16. The number of hydrogen-bond acceptors (Lipinski definition) is 4. The number of ketones is 1. The Hall–Kier alpha value is -2.36. The molecule has 1 aromatic heterocycles. The van der Waals surface area contributed by atoms with Gasteiger partial charge in [-0.1, -0.05) is 0 Å². The Labute approximate surface area is 112 Å². The fraction of sp³-hybridized carbons (Fsp3) is 0.200. The zero-order chi connectivity index (χ0) is 13.8. The van der Waals surface area contributed by atoms with Gasteiger partial charge in [-0.15, -0.1) is 0 Å². The average molecular weight is 256 g/mol. The van der Waals surface area contributed by atoms with Gasteiger partial charge in [-0.25, -0.2) is 4.98 Å². The molecule has 0 aliphatic heterocycles. The molecular weight excluding hydrogens is 240 g/mol. The maximum atomic E-state index is 12.4. The van der Waals surface area contributed by atoms with E-state index in [1.165, 1.54) is 7.11 Å². The van der Waals surface area contributed by atoms with Gasteiger partial charge in [0.25, 0.3) is 0 Å². The topological polar surface area (TPSA) is 42.4 Å². The number of ether oxygens (including phenoxy) is 1. The van der Waals surface area contributed by atoms with E-state index in [2.05, 4.69) is 4.98 Å². The molecule has 0 atom stereocenters. The smallest absolute Gasteiger partial charge is 0.215 e. The van der Waals surface area contributed by atoms with E-state index in [1.807, 2.05) is 31.1 Å². The van der Waals surface area contributed by atoms with Crippen LogP contribution in [0.1, 0.15) is 16.1 Å². The SMILES string of the molecule is COc1cccnc1C(=O)c1ccc(N(C)C)cc1. The maximum Gasteiger partial charge on any atom is 0.215 e. The number of rotatable bonds is 4. The highest BCUT2D eigenvalue weighted by atomic mass is 16.5. The molecule has 0 bridgehead atoms. The van der Waals surface area contributed by atoms with Crippen LogP contribution in [0, 0.1) is 0 Å². The molecule has 0 N–H and O–H groups in total. The Balaban J connectivity index is 2.33. The zero-order valence-corrected chi connectivity index (χ0v) is 11.3. The minimum absolute atomic E-state index is 0.136. The molecule has 2 aromatic rings. The van der Waals surface area contributed by atoms with Crippen LogP contribution in [0.15, 0.2) is 42.6 Å². The van der Waals surface area contributed by atoms with E-state index in [9.17, 15) is 4.79 Å². The van der Waals surface area contributed by atoms with Crippen molar-refractivity contribution in [1.82, 2.24) is 4.98 Å². The third-order valence-corrected chi connectivity index (χ3v) is 2.85. The van der Waals surface area contributed by atoms with Crippen LogP contribution in [0.3, 0.4) is 0 Å². The Morgan fingerprint density at radius 2 is 1.84 bits per heavy atom. The Morgan fingerprint density at radius 1 is 1.16 bits per heavy atom. The second-order valence-corrected chi connectivity index (χ2v) is 4.32. The summed E-state index contributed by atoms with van der Waals surface area (Å²) in [5.41, 5.74) is 1.98. The molecule has 0 aliphatic carbocycles. The van der Waals surface area contributed by atoms with Crippen molar-refractivity contribution in [3.63, 3.8) is 0 Å². The molecule has 0 spiro atoms. The summed E-state index contributed by atoms with van der Waals surface area (Å²) in [6, 6.07) is 10.9. The number of hydrogen-bond donors (Lipinski definition) is 0. The van der Waals surface area contributed by atoms with Crippen molar-refractivity contribution in [3.05, 3.63) is 53.9 Å². The van der Waals surface area contributed by atoms with Crippen LogP contribution in [-0.2, 0) is 0 Å². The average Bonchev–Trinajstić information content (AvgIpc) is 2.46. The molecule has 0 saturated carbocycles. The second-order valence-electron chi connectivity index (χ2n) is 4.32. The highest BCUT2D eigenvalue weighted by molar-refractivity contribution is 6.09. The molecule has 0 amide bonds. The number of pyridine rings is 1. The number of nitrogens with zero attached hydrogens (tertiary/aromatic N) is 2. The first-order valence-corrected chi connectivity index (χ1v) is 5.94. The predicted molar refractivity (Wildman–Crippen MR) is 75.0 cm³/mol. The Bertz CT molecular complexity index is 577. The van der Waals surface area contributed by atoms with Crippen LogP contribution >= 0.6 is 0 Å². The molecule has 0 saturated heterocycles. The van der Waals surface area contributed by atoms with Gasteiger partial charge in [0, 0.05) is 31.5 Å². The molecule has 0 radical (unpaired) electrons. The van der Waals surface area contributed by atoms with E-state index in [1.54, 1.807) is 30.5 Å². The monoisotopic (exact) mass is 256 g/mol. The van der Waals surface area contributed by atoms with E-state index < -0.39 is 0 Å². The van der Waals surface area contributed by atoms with Crippen LogP contribution < -0.4 is 9.64 Å². The molecule has 98 valence electrons. The van der Waals surface area contributed by atoms with Crippen molar-refractivity contribution in [2.24, 2.45) is 0 Å². The van der Waals surface area contributed by atoms with Crippen molar-refractivity contribution >= 4 is 11.5 Å². The van der Waals surface area contributed by atoms with Gasteiger partial charge in [-0.05, 0) is 36.4 Å². The van der Waals surface area contributed by atoms with Crippen LogP contribution in [0.2, 0.25) is 0 Å². The number of carbonyl (C=O) groups excluding carboxylic acids is 1. The van der Waals surface area contributed by atoms with Crippen molar-refractivity contribution < 1.29 is 9.53 Å². The van der Waals surface area contributed by atoms with E-state index in [-0.39, 0.29) is 5.78 Å². The standard InChI is InChI=1S/C15H16N2O2/c1-17(2)12-8-6-11(7-9-12)15(18)14-13(19-3)5-4-10-16-14/h4-10H,1-3H3. The minimum atomic E-state index is -0.136. The number of anilines is 1. The highest BCUT2D eigenvalue weighted by Gasteiger charge is 2.15. The summed E-state index contributed by atoms with van der Waals surface area (Å²) in [6.07, 6.45) is 1.59. The minimum Gasteiger partial charge on any atom is -0.494 e. The van der Waals surface area contributed by atoms with E-state index in [0.717, 1.165) is 5.69 Å². The summed E-state index contributed by atoms with van der Waals surface area (Å²) in [5.74, 6) is 0.354. The molecule has 4 nitrogen and oxygen atoms in total. The van der Waals surface area contributed by atoms with Gasteiger partial charge < -0.3 is 9.64 Å². The van der Waals surface area contributed by atoms with E-state index in [4.69, 9.17) is 4.74 Å². The molecule has 19 heavy (non-hydrogen) atoms. The highest BCUT2D eigenvalue weighted by Crippen LogP contribution is 2.20. The van der Waals surface area contributed by atoms with Gasteiger partial charge in [0.1, 0.15) is 5.75 Å². The first-order chi connectivity index (χ1) is 9.13. The predicted octanol–water partition coefficient (Wildman–Crippen LogP) is 2.39. The Morgan fingerprint density at radius 3 is 2.42 bits per heavy atom. The van der Waals surface area contributed by atoms with Gasteiger partial charge >= 0.3 is 0 Å². The number of methoxy groups -OCH3 is 1. The molecular formula is C15H16N2O2. The lowest BCUT2D eigenvalue weighted by Gasteiger charge is -2.12. The first kappa shape index (κ1) is 13.1. The van der Waals surface area contributed by atoms with Crippen molar-refractivity contribution in [3.8, 4) is 5.75 Å². The number of benzene rings is 1. The first-order valence-electron chi connectivity index (χ1n) is 5.94. The molecule has 0 unspecified atom stereocenters. The summed E-state index contributed by atoms with van der Waals surface area (Å²) >= 11 is 0. The summed E-state index contributed by atoms with van der Waals surface area (Å²) in [5, 5.41) is 0. The molecule has 0 aliphatic rings. The zero-order valence-electron chi connectivity index (χ0n) is 11.3. The van der Waals surface area contributed by atoms with Crippen molar-refractivity contribution in [2.75, 3.05) is 26.1 Å². The van der Waals surface area contributed by atoms with Crippen LogP contribution in [0.5, 0.6) is 5.75 Å². The van der Waals surface area contributed by atoms with Crippen molar-refractivity contribution in [1.29, 1.82) is 0 Å². The fourth-order valence-corrected chi connectivity index (χ4v) is 1.77. The quantitative estimate of drug-likeness (QED) is 0.788. The molecule has 4 heteroatoms. The summed E-state index contributed by atoms with van der Waals surface area (Å²) in [7, 11) is 5.44. The largest absolute Gasteiger partial charge is 0.494 e. The van der Waals surface area contributed by atoms with E-state index >= 15 is 0 Å². The number of aromatic nitrogens is 1. The van der Waals surface area contributed by atoms with Gasteiger partial charge in [0.05, 0.1) is 7.11 Å². The summed E-state index contributed by atoms with van der Waals surface area (Å²) in [6.45, 7) is 0. The number of carbonyl (C=O) groups is 1. The van der Waals surface area contributed by atoms with Crippen LogP contribution in [0.4, 0.5) is 5.69 Å². The van der Waals surface area contributed by atoms with Crippen molar-refractivity contribution in [2.45, 2.75) is 0 Å². The van der Waals surface area contributed by atoms with Crippen LogP contribution in [0.25, 0.3) is 0 Å². The van der Waals surface area contributed by atoms with E-state index in [0.29, 0.717) is 17.0 Å². The van der Waals surface area contributed by atoms with Crippen LogP contribution in [-0.4, -0.2) is 32.0 Å². The normalized spacial score (nSPS) is 10.1. The molecule has 0 fully saturated rings. The Kier molecular flexibility index (Phi) is 3.80. The second kappa shape index (κ2) is 5.52. The van der Waals surface area contributed by atoms with Gasteiger partial charge in [-0.3, -0.25) is 4.79 Å². The van der Waals surface area contributed by atoms with Gasteiger partial charge in [-0.2, -0.15) is 0 Å². The lowest BCUT2D eigenvalue weighted by atomic mass is 10.1. The third kappa shape index (κ3) is 2.73. The lowest BCUT2D eigenvalue weighted by Crippen LogP contribution is -2.10. The molecule has 1 aromatic carbocycles. The third-order valence-electron chi connectivity index (χ3n) is 2.85. The fourth-order valence-electron chi connectivity index (χ4n) is 1.77. The van der Waals surface area contributed by atoms with Gasteiger partial charge in [0.15, 0.2) is 5.69 Å². The molecule has 1 heterocycles. The summed E-state index contributed by atoms with van der Waals surface area (Å²) in [4.78, 5) is 18.4. The maximum absolute atomic E-state index is 12.4.